The quantitative estimate of drug-likeness (QED) is 0.794. The first-order chi connectivity index (χ1) is 13.6. The van der Waals surface area contributed by atoms with E-state index in [0.29, 0.717) is 5.69 Å². The summed E-state index contributed by atoms with van der Waals surface area (Å²) in [6.45, 7) is 2.44. The first-order valence-corrected chi connectivity index (χ1v) is 8.76. The number of anilines is 1. The third-order valence-corrected chi connectivity index (χ3v) is 4.96. The highest BCUT2D eigenvalue weighted by Gasteiger charge is 2.51. The van der Waals surface area contributed by atoms with Gasteiger partial charge in [-0.3, -0.25) is 9.48 Å². The summed E-state index contributed by atoms with van der Waals surface area (Å²) in [4.78, 5) is 34.3. The summed E-state index contributed by atoms with van der Waals surface area (Å²) in [5.41, 5.74) is 0.521. The molecule has 2 aromatic heterocycles. The van der Waals surface area contributed by atoms with Gasteiger partial charge in [0.2, 0.25) is 5.95 Å². The van der Waals surface area contributed by atoms with Crippen molar-refractivity contribution in [1.82, 2.24) is 24.6 Å². The molecule has 0 radical (unpaired) electrons. The van der Waals surface area contributed by atoms with Gasteiger partial charge in [0.25, 0.3) is 5.91 Å². The van der Waals surface area contributed by atoms with Crippen LogP contribution in [0.2, 0.25) is 0 Å². The Morgan fingerprint density at radius 2 is 1.79 bits per heavy atom. The minimum atomic E-state index is -5.08. The van der Waals surface area contributed by atoms with E-state index in [1.807, 2.05) is 18.0 Å². The molecule has 0 bridgehead atoms. The number of carboxylic acids is 1. The smallest absolute Gasteiger partial charge is 0.475 e. The average Bonchev–Trinajstić information content (AvgIpc) is 3.29. The second kappa shape index (κ2) is 7.68. The van der Waals surface area contributed by atoms with Crippen LogP contribution in [0, 0.1) is 0 Å². The molecular formula is C17H19F3N6O3. The Kier molecular flexibility index (Phi) is 5.44. The Hall–Kier alpha value is -3.18. The summed E-state index contributed by atoms with van der Waals surface area (Å²) in [5.74, 6) is -1.98. The van der Waals surface area contributed by atoms with Crippen molar-refractivity contribution < 1.29 is 27.9 Å². The summed E-state index contributed by atoms with van der Waals surface area (Å²) in [6, 6.07) is 3.59. The lowest BCUT2D eigenvalue weighted by Crippen LogP contribution is -2.62. The Bertz CT molecular complexity index is 888. The normalized spacial score (nSPS) is 20.8. The van der Waals surface area contributed by atoms with Gasteiger partial charge in [-0.15, -0.1) is 0 Å². The van der Waals surface area contributed by atoms with Gasteiger partial charge in [-0.25, -0.2) is 14.8 Å². The van der Waals surface area contributed by atoms with Gasteiger partial charge >= 0.3 is 12.1 Å². The maximum absolute atomic E-state index is 12.5. The second-order valence-corrected chi connectivity index (χ2v) is 6.83. The lowest BCUT2D eigenvalue weighted by atomic mass is 9.84. The zero-order chi connectivity index (χ0) is 21.2. The number of hydrogen-bond acceptors (Lipinski definition) is 6. The number of alkyl halides is 3. The van der Waals surface area contributed by atoms with Crippen LogP contribution in [-0.2, 0) is 11.8 Å². The molecule has 1 atom stereocenters. The fourth-order valence-electron chi connectivity index (χ4n) is 3.43. The molecule has 4 rings (SSSR count). The molecule has 2 aliphatic heterocycles. The van der Waals surface area contributed by atoms with Crippen LogP contribution in [0.25, 0.3) is 0 Å². The van der Waals surface area contributed by atoms with Crippen LogP contribution in [0.3, 0.4) is 0 Å². The van der Waals surface area contributed by atoms with Crippen molar-refractivity contribution in [3.63, 3.8) is 0 Å². The van der Waals surface area contributed by atoms with E-state index in [9.17, 15) is 18.0 Å². The maximum Gasteiger partial charge on any atom is 0.490 e. The van der Waals surface area contributed by atoms with Gasteiger partial charge in [-0.1, -0.05) is 0 Å². The van der Waals surface area contributed by atoms with Crippen molar-refractivity contribution in [3.8, 4) is 0 Å². The third-order valence-electron chi connectivity index (χ3n) is 4.96. The molecule has 0 aromatic carbocycles. The van der Waals surface area contributed by atoms with Gasteiger partial charge in [0.15, 0.2) is 0 Å². The molecule has 0 saturated carbocycles. The zero-order valence-corrected chi connectivity index (χ0v) is 15.5. The zero-order valence-electron chi connectivity index (χ0n) is 15.5. The third kappa shape index (κ3) is 4.30. The SMILES string of the molecule is Cn1ccc(C(=O)N2CCC3(CCN3c3ncccn3)C2)n1.O=C(O)C(F)(F)F. The monoisotopic (exact) mass is 412 g/mol. The number of halogens is 3. The molecule has 1 N–H and O–H groups in total. The summed E-state index contributed by atoms with van der Waals surface area (Å²) >= 11 is 0. The van der Waals surface area contributed by atoms with E-state index >= 15 is 0 Å². The number of aromatic nitrogens is 4. The highest BCUT2D eigenvalue weighted by molar-refractivity contribution is 5.92. The lowest BCUT2D eigenvalue weighted by molar-refractivity contribution is -0.192. The summed E-state index contributed by atoms with van der Waals surface area (Å²) in [7, 11) is 1.82. The molecule has 1 spiro atoms. The van der Waals surface area contributed by atoms with Crippen LogP contribution in [-0.4, -0.2) is 73.0 Å². The number of carbonyl (C=O) groups excluding carboxylic acids is 1. The molecule has 2 aliphatic rings. The number of aryl methyl sites for hydroxylation is 1. The second-order valence-electron chi connectivity index (χ2n) is 6.83. The van der Waals surface area contributed by atoms with Gasteiger partial charge in [0.05, 0.1) is 5.54 Å². The van der Waals surface area contributed by atoms with Crippen LogP contribution in [0.5, 0.6) is 0 Å². The number of rotatable bonds is 2. The molecule has 2 fully saturated rings. The van der Waals surface area contributed by atoms with Crippen LogP contribution in [0.1, 0.15) is 23.3 Å². The van der Waals surface area contributed by atoms with Crippen LogP contribution in [0.15, 0.2) is 30.7 Å². The van der Waals surface area contributed by atoms with Crippen molar-refractivity contribution >= 4 is 17.8 Å². The number of nitrogens with zero attached hydrogens (tertiary/aromatic N) is 6. The van der Waals surface area contributed by atoms with Gasteiger partial charge in [-0.05, 0) is 25.0 Å². The van der Waals surface area contributed by atoms with E-state index in [2.05, 4.69) is 20.0 Å². The number of amides is 1. The summed E-state index contributed by atoms with van der Waals surface area (Å²) in [6.07, 6.45) is 2.29. The number of likely N-dealkylation sites (tertiary alicyclic amines) is 1. The molecule has 1 unspecified atom stereocenters. The number of aliphatic carboxylic acids is 1. The minimum absolute atomic E-state index is 0.00575. The van der Waals surface area contributed by atoms with E-state index in [1.165, 1.54) is 0 Å². The van der Waals surface area contributed by atoms with Crippen molar-refractivity contribution in [3.05, 3.63) is 36.4 Å². The molecular weight excluding hydrogens is 393 g/mol. The molecule has 0 aliphatic carbocycles. The Labute approximate surface area is 163 Å². The van der Waals surface area contributed by atoms with Gasteiger partial charge in [-0.2, -0.15) is 18.3 Å². The molecule has 12 heteroatoms. The van der Waals surface area contributed by atoms with Gasteiger partial charge < -0.3 is 14.9 Å². The van der Waals surface area contributed by atoms with E-state index in [4.69, 9.17) is 9.90 Å². The lowest BCUT2D eigenvalue weighted by Gasteiger charge is -2.50. The molecule has 1 amide bonds. The Morgan fingerprint density at radius 3 is 2.28 bits per heavy atom. The molecule has 2 saturated heterocycles. The maximum atomic E-state index is 12.5. The van der Waals surface area contributed by atoms with Crippen molar-refractivity contribution in [2.45, 2.75) is 24.6 Å². The van der Waals surface area contributed by atoms with Crippen LogP contribution < -0.4 is 4.90 Å². The first kappa shape index (κ1) is 20.6. The highest BCUT2D eigenvalue weighted by atomic mass is 19.4. The predicted octanol–water partition coefficient (Wildman–Crippen LogP) is 1.34. The van der Waals surface area contributed by atoms with E-state index in [-0.39, 0.29) is 11.4 Å². The van der Waals surface area contributed by atoms with Crippen molar-refractivity contribution in [2.24, 2.45) is 7.05 Å². The number of carboxylic acid groups (broad SMARTS) is 1. The number of hydrogen-bond donors (Lipinski definition) is 1. The van der Waals surface area contributed by atoms with Crippen molar-refractivity contribution in [1.29, 1.82) is 0 Å². The van der Waals surface area contributed by atoms with Gasteiger partial charge in [0.1, 0.15) is 5.69 Å². The average molecular weight is 412 g/mol. The van der Waals surface area contributed by atoms with Crippen LogP contribution >= 0.6 is 0 Å². The molecule has 156 valence electrons. The van der Waals surface area contributed by atoms with E-state index < -0.39 is 12.1 Å². The largest absolute Gasteiger partial charge is 0.490 e. The van der Waals surface area contributed by atoms with E-state index in [0.717, 1.165) is 38.4 Å². The molecule has 4 heterocycles. The first-order valence-electron chi connectivity index (χ1n) is 8.76. The van der Waals surface area contributed by atoms with Crippen molar-refractivity contribution in [2.75, 3.05) is 24.5 Å². The van der Waals surface area contributed by atoms with E-state index in [1.54, 1.807) is 29.3 Å². The highest BCUT2D eigenvalue weighted by Crippen LogP contribution is 2.41. The van der Waals surface area contributed by atoms with Gasteiger partial charge in [0, 0.05) is 45.3 Å². The minimum Gasteiger partial charge on any atom is -0.475 e. The topological polar surface area (TPSA) is 104 Å². The molecule has 29 heavy (non-hydrogen) atoms. The molecule has 2 aromatic rings. The summed E-state index contributed by atoms with van der Waals surface area (Å²) < 4.78 is 33.4. The Balaban J connectivity index is 0.000000298. The predicted molar refractivity (Wildman–Crippen MR) is 94.1 cm³/mol. The number of carbonyl (C=O) groups is 2. The summed E-state index contributed by atoms with van der Waals surface area (Å²) in [5, 5.41) is 11.3. The standard InChI is InChI=1S/C15H18N6O.C2HF3O2/c1-19-8-3-12(18-19)13(22)20-9-4-15(11-20)5-10-21(15)14-16-6-2-7-17-14;3-2(4,5)1(6)7/h2-3,6-8H,4-5,9-11H2,1H3;(H,6,7). The van der Waals surface area contributed by atoms with Crippen LogP contribution in [0.4, 0.5) is 19.1 Å². The molecule has 9 nitrogen and oxygen atoms in total. The fourth-order valence-corrected chi connectivity index (χ4v) is 3.43. The Morgan fingerprint density at radius 1 is 1.17 bits per heavy atom. The fraction of sp³-hybridized carbons (Fsp3) is 0.471.